The fraction of sp³-hybridized carbons (Fsp3) is 0.500. The van der Waals surface area contributed by atoms with Gasteiger partial charge in [-0.3, -0.25) is 10.2 Å². The minimum Gasteiger partial charge on any atom is -0.378 e. The summed E-state index contributed by atoms with van der Waals surface area (Å²) < 4.78 is 10.9. The third-order valence-corrected chi connectivity index (χ3v) is 6.91. The standard InChI is InChI=1S/C20H24ClN7O3S/c21-15-3-1-14(2-4-15)17-28(16(29)13-32-17)25-18-22-19(26-5-9-30-10-6-26)24-20(23-18)27-7-11-31-12-8-27/h1-4,17H,5-13H2,(H,22,23,24,25)/t17-/m1/s1. The maximum absolute atomic E-state index is 12.7. The van der Waals surface area contributed by atoms with Gasteiger partial charge in [-0.05, 0) is 17.7 Å². The maximum atomic E-state index is 12.7. The van der Waals surface area contributed by atoms with Crippen LogP contribution in [-0.4, -0.2) is 84.2 Å². The lowest BCUT2D eigenvalue weighted by molar-refractivity contribution is -0.126. The molecule has 0 saturated carbocycles. The average molecular weight is 478 g/mol. The van der Waals surface area contributed by atoms with E-state index in [4.69, 9.17) is 26.1 Å². The van der Waals surface area contributed by atoms with Crippen molar-refractivity contribution in [2.75, 3.05) is 73.6 Å². The van der Waals surface area contributed by atoms with Crippen LogP contribution in [0.1, 0.15) is 10.9 Å². The number of carbonyl (C=O) groups is 1. The molecule has 4 heterocycles. The van der Waals surface area contributed by atoms with Crippen LogP contribution in [0, 0.1) is 0 Å². The number of rotatable bonds is 5. The number of carbonyl (C=O) groups excluding carboxylic acids is 1. The number of hydrazine groups is 1. The predicted octanol–water partition coefficient (Wildman–Crippen LogP) is 1.80. The van der Waals surface area contributed by atoms with Crippen molar-refractivity contribution >= 4 is 47.1 Å². The van der Waals surface area contributed by atoms with E-state index in [0.29, 0.717) is 81.2 Å². The van der Waals surface area contributed by atoms with E-state index in [1.165, 1.54) is 0 Å². The summed E-state index contributed by atoms with van der Waals surface area (Å²) in [5.41, 5.74) is 4.14. The van der Waals surface area contributed by atoms with Gasteiger partial charge in [0.05, 0.1) is 32.2 Å². The number of anilines is 3. The Morgan fingerprint density at radius 3 is 2.03 bits per heavy atom. The molecule has 0 aliphatic carbocycles. The van der Waals surface area contributed by atoms with E-state index < -0.39 is 0 Å². The highest BCUT2D eigenvalue weighted by atomic mass is 35.5. The third kappa shape index (κ3) is 4.70. The summed E-state index contributed by atoms with van der Waals surface area (Å²) in [6.45, 7) is 5.33. The first-order valence-electron chi connectivity index (χ1n) is 10.5. The number of amides is 1. The molecule has 1 N–H and O–H groups in total. The lowest BCUT2D eigenvalue weighted by atomic mass is 10.2. The van der Waals surface area contributed by atoms with E-state index in [0.717, 1.165) is 5.56 Å². The monoisotopic (exact) mass is 477 g/mol. The normalized spacial score (nSPS) is 21.8. The van der Waals surface area contributed by atoms with Crippen molar-refractivity contribution in [2.24, 2.45) is 0 Å². The average Bonchev–Trinajstić information content (AvgIpc) is 3.20. The molecular formula is C20H24ClN7O3S. The van der Waals surface area contributed by atoms with E-state index in [-0.39, 0.29) is 11.3 Å². The first kappa shape index (κ1) is 21.5. The van der Waals surface area contributed by atoms with Gasteiger partial charge in [0.15, 0.2) is 0 Å². The maximum Gasteiger partial charge on any atom is 0.252 e. The van der Waals surface area contributed by atoms with E-state index in [2.05, 4.69) is 25.2 Å². The lowest BCUT2D eigenvalue weighted by Crippen LogP contribution is -2.41. The number of hydrogen-bond donors (Lipinski definition) is 1. The van der Waals surface area contributed by atoms with Crippen LogP contribution in [0.15, 0.2) is 24.3 Å². The van der Waals surface area contributed by atoms with Crippen molar-refractivity contribution in [1.82, 2.24) is 20.0 Å². The molecule has 2 aromatic rings. The molecule has 3 saturated heterocycles. The van der Waals surface area contributed by atoms with E-state index in [9.17, 15) is 4.79 Å². The highest BCUT2D eigenvalue weighted by Gasteiger charge is 2.34. The predicted molar refractivity (Wildman–Crippen MR) is 123 cm³/mol. The van der Waals surface area contributed by atoms with Crippen molar-refractivity contribution in [3.63, 3.8) is 0 Å². The van der Waals surface area contributed by atoms with Gasteiger partial charge in [0.2, 0.25) is 17.8 Å². The first-order valence-corrected chi connectivity index (χ1v) is 12.0. The SMILES string of the molecule is O=C1CS[C@H](c2ccc(Cl)cc2)N1Nc1nc(N2CCOCC2)nc(N2CCOCC2)n1. The number of aromatic nitrogens is 3. The molecule has 12 heteroatoms. The van der Waals surface area contributed by atoms with Gasteiger partial charge >= 0.3 is 0 Å². The van der Waals surface area contributed by atoms with Crippen LogP contribution in [0.5, 0.6) is 0 Å². The lowest BCUT2D eigenvalue weighted by Gasteiger charge is -2.31. The summed E-state index contributed by atoms with van der Waals surface area (Å²) in [4.78, 5) is 30.9. The van der Waals surface area contributed by atoms with Crippen molar-refractivity contribution in [1.29, 1.82) is 0 Å². The molecule has 3 fully saturated rings. The number of morpholine rings is 2. The summed E-state index contributed by atoms with van der Waals surface area (Å²) in [5.74, 6) is 1.84. The zero-order valence-corrected chi connectivity index (χ0v) is 19.0. The van der Waals surface area contributed by atoms with Gasteiger partial charge in [-0.25, -0.2) is 5.01 Å². The number of halogens is 1. The van der Waals surface area contributed by atoms with Gasteiger partial charge in [0.25, 0.3) is 5.91 Å². The van der Waals surface area contributed by atoms with Crippen molar-refractivity contribution in [2.45, 2.75) is 5.37 Å². The number of thioether (sulfide) groups is 1. The van der Waals surface area contributed by atoms with Gasteiger partial charge in [-0.15, -0.1) is 11.8 Å². The topological polar surface area (TPSA) is 96.0 Å². The number of nitrogens with zero attached hydrogens (tertiary/aromatic N) is 6. The van der Waals surface area contributed by atoms with Crippen LogP contribution in [0.3, 0.4) is 0 Å². The zero-order chi connectivity index (χ0) is 21.9. The van der Waals surface area contributed by atoms with Gasteiger partial charge in [-0.1, -0.05) is 23.7 Å². The molecule has 0 unspecified atom stereocenters. The second kappa shape index (κ2) is 9.65. The Morgan fingerprint density at radius 2 is 1.47 bits per heavy atom. The Balaban J connectivity index is 1.44. The highest BCUT2D eigenvalue weighted by molar-refractivity contribution is 8.00. The van der Waals surface area contributed by atoms with Crippen LogP contribution in [-0.2, 0) is 14.3 Å². The molecule has 0 bridgehead atoms. The molecule has 3 aliphatic heterocycles. The van der Waals surface area contributed by atoms with Crippen molar-refractivity contribution in [3.8, 4) is 0 Å². The van der Waals surface area contributed by atoms with Gasteiger partial charge < -0.3 is 19.3 Å². The van der Waals surface area contributed by atoms with Crippen LogP contribution in [0.25, 0.3) is 0 Å². The van der Waals surface area contributed by atoms with Gasteiger partial charge in [0.1, 0.15) is 5.37 Å². The number of hydrogen-bond acceptors (Lipinski definition) is 10. The first-order chi connectivity index (χ1) is 15.7. The summed E-state index contributed by atoms with van der Waals surface area (Å²) in [7, 11) is 0. The molecule has 170 valence electrons. The van der Waals surface area contributed by atoms with Gasteiger partial charge in [-0.2, -0.15) is 15.0 Å². The summed E-state index contributed by atoms with van der Waals surface area (Å²) in [5, 5.41) is 2.05. The Kier molecular flexibility index (Phi) is 6.49. The fourth-order valence-electron chi connectivity index (χ4n) is 3.74. The minimum atomic E-state index is -0.199. The van der Waals surface area contributed by atoms with Crippen LogP contribution >= 0.6 is 23.4 Å². The summed E-state index contributed by atoms with van der Waals surface area (Å²) in [6.07, 6.45) is 0. The molecule has 3 aliphatic rings. The minimum absolute atomic E-state index is 0.0313. The molecule has 1 atom stereocenters. The molecule has 0 spiro atoms. The highest BCUT2D eigenvalue weighted by Crippen LogP contribution is 2.38. The van der Waals surface area contributed by atoms with Gasteiger partial charge in [0, 0.05) is 31.2 Å². The van der Waals surface area contributed by atoms with E-state index in [1.807, 2.05) is 24.3 Å². The van der Waals surface area contributed by atoms with Crippen molar-refractivity contribution < 1.29 is 14.3 Å². The number of benzene rings is 1. The number of nitrogens with one attached hydrogen (secondary N) is 1. The van der Waals surface area contributed by atoms with Crippen LogP contribution < -0.4 is 15.2 Å². The molecule has 32 heavy (non-hydrogen) atoms. The van der Waals surface area contributed by atoms with Crippen molar-refractivity contribution in [3.05, 3.63) is 34.9 Å². The fourth-order valence-corrected chi connectivity index (χ4v) is 4.97. The molecule has 0 radical (unpaired) electrons. The Morgan fingerprint density at radius 1 is 0.906 bits per heavy atom. The molecule has 1 amide bonds. The smallest absolute Gasteiger partial charge is 0.252 e. The molecule has 1 aromatic heterocycles. The molecule has 1 aromatic carbocycles. The van der Waals surface area contributed by atoms with Crippen LogP contribution in [0.2, 0.25) is 5.02 Å². The Labute approximate surface area is 195 Å². The second-order valence-electron chi connectivity index (χ2n) is 7.55. The van der Waals surface area contributed by atoms with Crippen LogP contribution in [0.4, 0.5) is 17.8 Å². The van der Waals surface area contributed by atoms with E-state index >= 15 is 0 Å². The Hall–Kier alpha value is -2.34. The largest absolute Gasteiger partial charge is 0.378 e. The Bertz CT molecular complexity index is 918. The summed E-state index contributed by atoms with van der Waals surface area (Å²) in [6, 6.07) is 7.51. The summed E-state index contributed by atoms with van der Waals surface area (Å²) >= 11 is 7.59. The third-order valence-electron chi connectivity index (χ3n) is 5.44. The molecule has 5 rings (SSSR count). The van der Waals surface area contributed by atoms with E-state index in [1.54, 1.807) is 16.8 Å². The number of ether oxygens (including phenoxy) is 2. The second-order valence-corrected chi connectivity index (χ2v) is 9.05. The quantitative estimate of drug-likeness (QED) is 0.686. The molecule has 10 nitrogen and oxygen atoms in total. The zero-order valence-electron chi connectivity index (χ0n) is 17.4. The molecular weight excluding hydrogens is 454 g/mol.